The number of rotatable bonds is 6. The van der Waals surface area contributed by atoms with Crippen LogP contribution in [-0.4, -0.2) is 24.2 Å². The number of carbonyl (C=O) groups excluding carboxylic acids is 1. The highest BCUT2D eigenvalue weighted by Gasteiger charge is 2.28. The van der Waals surface area contributed by atoms with Gasteiger partial charge in [0.2, 0.25) is 0 Å². The van der Waals surface area contributed by atoms with Crippen molar-refractivity contribution in [2.45, 2.75) is 12.3 Å². The molecule has 0 atom stereocenters. The number of amides is 1. The van der Waals surface area contributed by atoms with Crippen LogP contribution in [-0.2, 0) is 4.74 Å². The molecule has 0 saturated heterocycles. The number of nitrogens with one attached hydrogen (secondary N) is 1. The second kappa shape index (κ2) is 8.61. The Balaban J connectivity index is 1.28. The first kappa shape index (κ1) is 18.7. The van der Waals surface area contributed by atoms with E-state index in [1.807, 2.05) is 42.5 Å². The zero-order valence-electron chi connectivity index (χ0n) is 16.0. The molecule has 5 nitrogen and oxygen atoms in total. The van der Waals surface area contributed by atoms with Crippen LogP contribution < -0.4 is 11.1 Å². The third-order valence-corrected chi connectivity index (χ3v) is 5.01. The number of nitrogen functional groups attached to an aromatic ring is 1. The first-order chi connectivity index (χ1) is 14.2. The lowest BCUT2D eigenvalue weighted by Crippen LogP contribution is -2.26. The number of carbonyl (C=O) groups is 1. The first-order valence-corrected chi connectivity index (χ1v) is 9.68. The van der Waals surface area contributed by atoms with Crippen LogP contribution in [0.2, 0.25) is 0 Å². The molecule has 146 valence electrons. The Morgan fingerprint density at radius 3 is 2.45 bits per heavy atom. The normalized spacial score (nSPS) is 12.6. The molecule has 0 spiro atoms. The number of benzene rings is 2. The van der Waals surface area contributed by atoms with Crippen molar-refractivity contribution in [2.75, 3.05) is 18.9 Å². The van der Waals surface area contributed by atoms with Gasteiger partial charge in [0.1, 0.15) is 6.61 Å². The van der Waals surface area contributed by atoms with Crippen molar-refractivity contribution in [3.8, 4) is 11.1 Å². The van der Waals surface area contributed by atoms with Gasteiger partial charge in [0.25, 0.3) is 0 Å². The summed E-state index contributed by atoms with van der Waals surface area (Å²) in [7, 11) is 0. The number of anilines is 1. The number of nitrogens with two attached hydrogens (primary N) is 1. The van der Waals surface area contributed by atoms with Gasteiger partial charge in [0.15, 0.2) is 0 Å². The molecule has 1 heterocycles. The predicted molar refractivity (Wildman–Crippen MR) is 115 cm³/mol. The molecule has 1 aromatic heterocycles. The molecule has 4 rings (SSSR count). The fourth-order valence-electron chi connectivity index (χ4n) is 3.69. The molecule has 0 radical (unpaired) electrons. The van der Waals surface area contributed by atoms with Gasteiger partial charge in [-0.15, -0.1) is 0 Å². The van der Waals surface area contributed by atoms with Crippen LogP contribution in [0.1, 0.15) is 29.0 Å². The Labute approximate surface area is 170 Å². The van der Waals surface area contributed by atoms with Crippen LogP contribution in [0.3, 0.4) is 0 Å². The summed E-state index contributed by atoms with van der Waals surface area (Å²) in [5.74, 6) is 0.0732. The minimum absolute atomic E-state index is 0.0732. The Bertz CT molecular complexity index is 1000. The van der Waals surface area contributed by atoms with Crippen LogP contribution in [0, 0.1) is 0 Å². The molecule has 0 bridgehead atoms. The Hall–Kier alpha value is -3.60. The predicted octanol–water partition coefficient (Wildman–Crippen LogP) is 4.61. The molecule has 5 heteroatoms. The van der Waals surface area contributed by atoms with Gasteiger partial charge in [0.05, 0.1) is 5.69 Å². The minimum Gasteiger partial charge on any atom is -0.449 e. The highest BCUT2D eigenvalue weighted by Crippen LogP contribution is 2.44. The van der Waals surface area contributed by atoms with Crippen molar-refractivity contribution >= 4 is 17.9 Å². The van der Waals surface area contributed by atoms with Gasteiger partial charge in [0, 0.05) is 24.9 Å². The molecule has 29 heavy (non-hydrogen) atoms. The van der Waals surface area contributed by atoms with Crippen molar-refractivity contribution in [3.63, 3.8) is 0 Å². The monoisotopic (exact) mass is 385 g/mol. The summed E-state index contributed by atoms with van der Waals surface area (Å²) < 4.78 is 5.52. The van der Waals surface area contributed by atoms with Crippen LogP contribution in [0.5, 0.6) is 0 Å². The van der Waals surface area contributed by atoms with E-state index in [9.17, 15) is 4.79 Å². The number of alkyl carbamates (subject to hydrolysis) is 1. The summed E-state index contributed by atoms with van der Waals surface area (Å²) in [6.07, 6.45) is 7.55. The van der Waals surface area contributed by atoms with Crippen LogP contribution in [0.4, 0.5) is 10.5 Å². The van der Waals surface area contributed by atoms with Gasteiger partial charge in [-0.05, 0) is 40.3 Å². The van der Waals surface area contributed by atoms with Crippen LogP contribution in [0.25, 0.3) is 17.2 Å². The summed E-state index contributed by atoms with van der Waals surface area (Å²) >= 11 is 0. The number of nitrogens with zero attached hydrogens (tertiary/aromatic N) is 1. The quantitative estimate of drug-likeness (QED) is 0.608. The second-order valence-electron chi connectivity index (χ2n) is 6.99. The zero-order chi connectivity index (χ0) is 20.1. The highest BCUT2D eigenvalue weighted by atomic mass is 16.5. The summed E-state index contributed by atoms with van der Waals surface area (Å²) in [4.78, 5) is 16.2. The lowest BCUT2D eigenvalue weighted by molar-refractivity contribution is 0.143. The maximum Gasteiger partial charge on any atom is 0.407 e. The van der Waals surface area contributed by atoms with E-state index in [1.165, 1.54) is 22.3 Å². The summed E-state index contributed by atoms with van der Waals surface area (Å²) in [5, 5.41) is 2.80. The Morgan fingerprint density at radius 1 is 1.07 bits per heavy atom. The summed E-state index contributed by atoms with van der Waals surface area (Å²) in [6.45, 7) is 0.827. The number of aromatic nitrogens is 1. The fraction of sp³-hybridized carbons (Fsp3) is 0.167. The van der Waals surface area contributed by atoms with Crippen molar-refractivity contribution < 1.29 is 9.53 Å². The average molecular weight is 385 g/mol. The molecule has 1 amide bonds. The number of pyridine rings is 1. The van der Waals surface area contributed by atoms with Gasteiger partial charge in [-0.25, -0.2) is 4.79 Å². The molecule has 0 unspecified atom stereocenters. The maximum atomic E-state index is 12.1. The molecule has 0 saturated carbocycles. The first-order valence-electron chi connectivity index (χ1n) is 9.68. The largest absolute Gasteiger partial charge is 0.449 e. The van der Waals surface area contributed by atoms with E-state index in [2.05, 4.69) is 34.6 Å². The third kappa shape index (κ3) is 4.29. The number of hydrogen-bond acceptors (Lipinski definition) is 4. The van der Waals surface area contributed by atoms with Gasteiger partial charge < -0.3 is 15.8 Å². The van der Waals surface area contributed by atoms with Gasteiger partial charge >= 0.3 is 6.09 Å². The standard InChI is InChI=1S/C24H23N3O2/c25-18-13-17(14-26-15-18)7-5-6-12-27-24(28)29-16-23-21-10-3-1-8-19(21)20-9-2-4-11-22(20)23/h1-5,7-11,13-15,23H,6,12,16,25H2,(H,27,28). The highest BCUT2D eigenvalue weighted by molar-refractivity contribution is 5.79. The number of hydrogen-bond donors (Lipinski definition) is 2. The van der Waals surface area contributed by atoms with Crippen LogP contribution >= 0.6 is 0 Å². The van der Waals surface area contributed by atoms with Crippen molar-refractivity contribution in [1.29, 1.82) is 0 Å². The Kier molecular flexibility index (Phi) is 5.56. The average Bonchev–Trinajstić information content (AvgIpc) is 3.06. The molecule has 1 aliphatic carbocycles. The molecular weight excluding hydrogens is 362 g/mol. The zero-order valence-corrected chi connectivity index (χ0v) is 16.0. The van der Waals surface area contributed by atoms with Crippen molar-refractivity contribution in [1.82, 2.24) is 10.3 Å². The second-order valence-corrected chi connectivity index (χ2v) is 6.99. The SMILES string of the molecule is Nc1cncc(C=CCCNC(=O)OCC2c3ccccc3-c3ccccc32)c1. The van der Waals surface area contributed by atoms with E-state index >= 15 is 0 Å². The summed E-state index contributed by atoms with van der Waals surface area (Å²) in [6, 6.07) is 18.4. The van der Waals surface area contributed by atoms with E-state index in [0.717, 1.165) is 5.56 Å². The summed E-state index contributed by atoms with van der Waals surface area (Å²) in [5.41, 5.74) is 12.1. The smallest absolute Gasteiger partial charge is 0.407 e. The van der Waals surface area contributed by atoms with Crippen molar-refractivity contribution in [3.05, 3.63) is 89.8 Å². The Morgan fingerprint density at radius 2 is 1.76 bits per heavy atom. The van der Waals surface area contributed by atoms with Crippen LogP contribution in [0.15, 0.2) is 73.1 Å². The number of ether oxygens (including phenoxy) is 1. The van der Waals surface area contributed by atoms with Gasteiger partial charge in [-0.2, -0.15) is 0 Å². The molecule has 0 fully saturated rings. The number of fused-ring (bicyclic) bond motifs is 3. The van der Waals surface area contributed by atoms with Gasteiger partial charge in [-0.1, -0.05) is 60.7 Å². The molecule has 2 aromatic carbocycles. The lowest BCUT2D eigenvalue weighted by atomic mass is 9.98. The lowest BCUT2D eigenvalue weighted by Gasteiger charge is -2.14. The van der Waals surface area contributed by atoms with Gasteiger partial charge in [-0.3, -0.25) is 4.98 Å². The maximum absolute atomic E-state index is 12.1. The molecule has 3 aromatic rings. The third-order valence-electron chi connectivity index (χ3n) is 5.01. The minimum atomic E-state index is -0.397. The van der Waals surface area contributed by atoms with E-state index in [1.54, 1.807) is 12.4 Å². The van der Waals surface area contributed by atoms with E-state index in [0.29, 0.717) is 25.3 Å². The fourth-order valence-corrected chi connectivity index (χ4v) is 3.69. The van der Waals surface area contributed by atoms with Crippen molar-refractivity contribution in [2.24, 2.45) is 0 Å². The molecule has 1 aliphatic rings. The van der Waals surface area contributed by atoms with E-state index < -0.39 is 6.09 Å². The molecular formula is C24H23N3O2. The molecule has 3 N–H and O–H groups in total. The topological polar surface area (TPSA) is 77.2 Å². The van der Waals surface area contributed by atoms with E-state index in [4.69, 9.17) is 10.5 Å². The van der Waals surface area contributed by atoms with E-state index in [-0.39, 0.29) is 5.92 Å². The molecule has 0 aliphatic heterocycles.